The first-order valence-electron chi connectivity index (χ1n) is 4.35. The molecule has 0 amide bonds. The van der Waals surface area contributed by atoms with Gasteiger partial charge in [0.15, 0.2) is 0 Å². The van der Waals surface area contributed by atoms with Crippen molar-refractivity contribution in [1.29, 1.82) is 0 Å². The predicted octanol–water partition coefficient (Wildman–Crippen LogP) is -3.85. The Morgan fingerprint density at radius 1 is 0.737 bits per heavy atom. The summed E-state index contributed by atoms with van der Waals surface area (Å²) in [6.07, 6.45) is 0. The third-order valence-corrected chi connectivity index (χ3v) is 2.07. The van der Waals surface area contributed by atoms with Crippen LogP contribution in [0.5, 0.6) is 0 Å². The van der Waals surface area contributed by atoms with Gasteiger partial charge in [0.2, 0.25) is 0 Å². The average Bonchev–Trinajstić information content (AvgIpc) is 2.26. The fraction of sp³-hybridized carbons (Fsp3) is 0. The zero-order chi connectivity index (χ0) is 14.0. The Kier molecular flexibility index (Phi) is 6.32. The molecule has 0 fully saturated rings. The van der Waals surface area contributed by atoms with Crippen molar-refractivity contribution < 1.29 is 91.0 Å². The van der Waals surface area contributed by atoms with Crippen LogP contribution < -0.4 is 56.5 Å². The fourth-order valence-electron chi connectivity index (χ4n) is 1.30. The van der Waals surface area contributed by atoms with E-state index in [1.54, 1.807) is 0 Å². The molecular weight excluding hydrogens is 287 g/mol. The molecule has 0 radical (unpaired) electrons. The van der Waals surface area contributed by atoms with Gasteiger partial charge in [0.25, 0.3) is 0 Å². The van der Waals surface area contributed by atoms with Gasteiger partial charge in [0, 0.05) is 5.56 Å². The van der Waals surface area contributed by atoms with Crippen molar-refractivity contribution in [3.63, 3.8) is 0 Å². The molecule has 94 valence electrons. The number of carboxylic acid groups (broad SMARTS) is 4. The van der Waals surface area contributed by atoms with E-state index in [9.17, 15) is 24.3 Å². The molecule has 0 saturated heterocycles. The van der Waals surface area contributed by atoms with Gasteiger partial charge in [-0.2, -0.15) is 0 Å². The predicted molar refractivity (Wildman–Crippen MR) is 51.7 cm³/mol. The quantitative estimate of drug-likeness (QED) is 0.477. The van der Waals surface area contributed by atoms with Gasteiger partial charge in [-0.1, -0.05) is 0 Å². The van der Waals surface area contributed by atoms with E-state index < -0.39 is 46.1 Å². The van der Waals surface area contributed by atoms with Crippen molar-refractivity contribution in [2.24, 2.45) is 0 Å². The number of benzene rings is 1. The maximum absolute atomic E-state index is 10.8. The van der Waals surface area contributed by atoms with E-state index in [2.05, 4.69) is 0 Å². The standard InChI is InChI=1S/C10H6O8.K/c11-7(12)3-1-4(8(13)14)6(10(17)18)2-5(3)9(15)16;/h1-2H,(H,11,12)(H,13,14)(H,15,16)(H,17,18);/q;+1/p-1. The third kappa shape index (κ3) is 3.85. The van der Waals surface area contributed by atoms with Crippen molar-refractivity contribution >= 4 is 23.9 Å². The van der Waals surface area contributed by atoms with E-state index in [1.165, 1.54) is 0 Å². The molecule has 3 N–H and O–H groups in total. The zero-order valence-corrected chi connectivity index (χ0v) is 12.7. The Hall–Kier alpha value is -1.26. The van der Waals surface area contributed by atoms with Crippen LogP contribution in [-0.4, -0.2) is 39.2 Å². The molecule has 0 spiro atoms. The number of rotatable bonds is 4. The van der Waals surface area contributed by atoms with Crippen LogP contribution in [0, 0.1) is 0 Å². The number of aromatic carboxylic acids is 4. The molecule has 1 aromatic rings. The second-order valence-corrected chi connectivity index (χ2v) is 3.15. The molecule has 1 aromatic carbocycles. The summed E-state index contributed by atoms with van der Waals surface area (Å²) in [5.41, 5.74) is -3.39. The number of carbonyl (C=O) groups excluding carboxylic acids is 1. The van der Waals surface area contributed by atoms with E-state index in [0.717, 1.165) is 0 Å². The average molecular weight is 292 g/mol. The van der Waals surface area contributed by atoms with Gasteiger partial charge in [-0.25, -0.2) is 14.4 Å². The van der Waals surface area contributed by atoms with Gasteiger partial charge in [-0.3, -0.25) is 0 Å². The van der Waals surface area contributed by atoms with E-state index in [1.807, 2.05) is 0 Å². The molecule has 0 unspecified atom stereocenters. The molecule has 0 atom stereocenters. The molecule has 19 heavy (non-hydrogen) atoms. The molecule has 0 aliphatic heterocycles. The van der Waals surface area contributed by atoms with Crippen LogP contribution in [0.4, 0.5) is 0 Å². The van der Waals surface area contributed by atoms with Gasteiger partial charge in [0.1, 0.15) is 0 Å². The maximum Gasteiger partial charge on any atom is 1.00 e. The molecule has 0 aliphatic rings. The topological polar surface area (TPSA) is 152 Å². The summed E-state index contributed by atoms with van der Waals surface area (Å²) in [7, 11) is 0. The van der Waals surface area contributed by atoms with Gasteiger partial charge in [0.05, 0.1) is 22.7 Å². The summed E-state index contributed by atoms with van der Waals surface area (Å²) < 4.78 is 0. The van der Waals surface area contributed by atoms with Crippen molar-refractivity contribution in [2.75, 3.05) is 0 Å². The summed E-state index contributed by atoms with van der Waals surface area (Å²) in [5, 5.41) is 36.8. The van der Waals surface area contributed by atoms with Crippen molar-refractivity contribution in [3.05, 3.63) is 34.4 Å². The zero-order valence-electron chi connectivity index (χ0n) is 9.54. The van der Waals surface area contributed by atoms with Crippen LogP contribution in [0.15, 0.2) is 12.1 Å². The molecule has 8 nitrogen and oxygen atoms in total. The Balaban J connectivity index is 0.00000324. The number of hydrogen-bond donors (Lipinski definition) is 3. The van der Waals surface area contributed by atoms with E-state index in [0.29, 0.717) is 12.1 Å². The van der Waals surface area contributed by atoms with Crippen LogP contribution in [0.2, 0.25) is 0 Å². The molecule has 0 heterocycles. The SMILES string of the molecule is O=C([O-])c1cc(C(=O)O)c(C(=O)O)cc1C(=O)O.[K+]. The van der Waals surface area contributed by atoms with Gasteiger partial charge >= 0.3 is 69.3 Å². The Morgan fingerprint density at radius 2 is 1.00 bits per heavy atom. The second-order valence-electron chi connectivity index (χ2n) is 3.15. The van der Waals surface area contributed by atoms with Crippen LogP contribution in [0.3, 0.4) is 0 Å². The van der Waals surface area contributed by atoms with E-state index in [4.69, 9.17) is 15.3 Å². The van der Waals surface area contributed by atoms with E-state index >= 15 is 0 Å². The summed E-state index contributed by atoms with van der Waals surface area (Å²) in [5.74, 6) is -6.98. The molecule has 9 heteroatoms. The third-order valence-electron chi connectivity index (χ3n) is 2.07. The van der Waals surface area contributed by atoms with Gasteiger partial charge in [-0.15, -0.1) is 0 Å². The first-order valence-corrected chi connectivity index (χ1v) is 4.35. The van der Waals surface area contributed by atoms with E-state index in [-0.39, 0.29) is 51.4 Å². The molecule has 0 aliphatic carbocycles. The number of carboxylic acids is 4. The van der Waals surface area contributed by atoms with Gasteiger partial charge < -0.3 is 25.2 Å². The summed E-state index contributed by atoms with van der Waals surface area (Å²) in [4.78, 5) is 42.9. The smallest absolute Gasteiger partial charge is 0.545 e. The fourth-order valence-corrected chi connectivity index (χ4v) is 1.30. The molecule has 0 saturated carbocycles. The van der Waals surface area contributed by atoms with Crippen molar-refractivity contribution in [3.8, 4) is 0 Å². The summed E-state index contributed by atoms with van der Waals surface area (Å²) in [6.45, 7) is 0. The minimum atomic E-state index is -1.91. The number of hydrogen-bond acceptors (Lipinski definition) is 5. The minimum Gasteiger partial charge on any atom is -0.545 e. The van der Waals surface area contributed by atoms with Crippen molar-refractivity contribution in [2.45, 2.75) is 0 Å². The monoisotopic (exact) mass is 292 g/mol. The number of carbonyl (C=O) groups is 4. The molecule has 1 rings (SSSR count). The van der Waals surface area contributed by atoms with Crippen molar-refractivity contribution in [1.82, 2.24) is 0 Å². The maximum atomic E-state index is 10.8. The normalized spacial score (nSPS) is 9.26. The Morgan fingerprint density at radius 3 is 1.26 bits per heavy atom. The Labute approximate surface area is 148 Å². The summed E-state index contributed by atoms with van der Waals surface area (Å²) in [6, 6.07) is 0.920. The largest absolute Gasteiger partial charge is 1.00 e. The first kappa shape index (κ1) is 17.7. The van der Waals surface area contributed by atoms with Crippen LogP contribution in [-0.2, 0) is 0 Å². The van der Waals surface area contributed by atoms with Crippen LogP contribution in [0.1, 0.15) is 41.4 Å². The minimum absolute atomic E-state index is 0. The Bertz CT molecular complexity index is 479. The van der Waals surface area contributed by atoms with Crippen LogP contribution in [0.25, 0.3) is 0 Å². The van der Waals surface area contributed by atoms with Crippen LogP contribution >= 0.6 is 0 Å². The van der Waals surface area contributed by atoms with Gasteiger partial charge in [-0.05, 0) is 12.1 Å². The molecule has 0 bridgehead atoms. The summed E-state index contributed by atoms with van der Waals surface area (Å²) >= 11 is 0. The molecular formula is C10H5KO8. The second kappa shape index (κ2) is 6.77. The first-order chi connectivity index (χ1) is 8.25. The molecule has 0 aromatic heterocycles.